The lowest BCUT2D eigenvalue weighted by Crippen LogP contribution is -2.19. The van der Waals surface area contributed by atoms with Gasteiger partial charge < -0.3 is 10.6 Å². The van der Waals surface area contributed by atoms with Crippen LogP contribution >= 0.6 is 0 Å². The Morgan fingerprint density at radius 2 is 2.16 bits per heavy atom. The molecule has 0 atom stereocenters. The van der Waals surface area contributed by atoms with Crippen LogP contribution in [0.2, 0.25) is 0 Å². The highest BCUT2D eigenvalue weighted by atomic mass is 19.1. The number of hydrogen-bond donors (Lipinski definition) is 2. The average molecular weight is 259 g/mol. The van der Waals surface area contributed by atoms with Crippen LogP contribution < -0.4 is 10.6 Å². The molecule has 1 heterocycles. The van der Waals surface area contributed by atoms with Gasteiger partial charge in [-0.05, 0) is 25.1 Å². The number of hydrogen-bond acceptors (Lipinski definition) is 4. The molecule has 3 N–H and O–H groups in total. The van der Waals surface area contributed by atoms with Crippen molar-refractivity contribution in [3.63, 3.8) is 0 Å². The number of anilines is 2. The maximum absolute atomic E-state index is 13.2. The van der Waals surface area contributed by atoms with Crippen molar-refractivity contribution in [1.82, 2.24) is 9.97 Å². The van der Waals surface area contributed by atoms with Crippen LogP contribution in [0, 0.1) is 11.2 Å². The van der Waals surface area contributed by atoms with Crippen molar-refractivity contribution < 1.29 is 4.39 Å². The molecular formula is C13H14FN5. The molecule has 0 radical (unpaired) electrons. The Bertz CT molecular complexity index is 582. The van der Waals surface area contributed by atoms with E-state index in [0.717, 1.165) is 0 Å². The van der Waals surface area contributed by atoms with Crippen molar-refractivity contribution in [2.24, 2.45) is 5.73 Å². The number of aromatic nitrogens is 2. The molecule has 0 bridgehead atoms. The molecule has 2 rings (SSSR count). The van der Waals surface area contributed by atoms with E-state index in [0.29, 0.717) is 23.7 Å². The molecule has 5 nitrogen and oxygen atoms in total. The molecule has 0 saturated heterocycles. The van der Waals surface area contributed by atoms with Gasteiger partial charge in [0.1, 0.15) is 17.3 Å². The molecule has 0 aliphatic rings. The van der Waals surface area contributed by atoms with Gasteiger partial charge in [-0.25, -0.2) is 14.4 Å². The third kappa shape index (κ3) is 2.85. The zero-order valence-electron chi connectivity index (χ0n) is 10.5. The van der Waals surface area contributed by atoms with Crippen molar-refractivity contribution in [3.05, 3.63) is 48.2 Å². The van der Waals surface area contributed by atoms with Gasteiger partial charge >= 0.3 is 0 Å². The lowest BCUT2D eigenvalue weighted by Gasteiger charge is -2.21. The first kappa shape index (κ1) is 12.9. The molecule has 0 saturated carbocycles. The summed E-state index contributed by atoms with van der Waals surface area (Å²) in [7, 11) is 0. The van der Waals surface area contributed by atoms with Crippen molar-refractivity contribution in [2.75, 3.05) is 11.4 Å². The zero-order chi connectivity index (χ0) is 13.8. The number of nitrogens with zero attached hydrogens (tertiary/aromatic N) is 3. The van der Waals surface area contributed by atoms with Crippen molar-refractivity contribution in [3.8, 4) is 0 Å². The van der Waals surface area contributed by atoms with Gasteiger partial charge in [0.25, 0.3) is 0 Å². The monoisotopic (exact) mass is 259 g/mol. The summed E-state index contributed by atoms with van der Waals surface area (Å²) in [5.74, 6) is 0.148. The lowest BCUT2D eigenvalue weighted by atomic mass is 10.2. The van der Waals surface area contributed by atoms with Crippen LogP contribution in [0.5, 0.6) is 0 Å². The fourth-order valence-electron chi connectivity index (χ4n) is 1.72. The Hall–Kier alpha value is -2.50. The molecule has 0 fully saturated rings. The summed E-state index contributed by atoms with van der Waals surface area (Å²) in [5, 5.41) is 7.26. The summed E-state index contributed by atoms with van der Waals surface area (Å²) in [6, 6.07) is 6.27. The third-order valence-electron chi connectivity index (χ3n) is 2.63. The van der Waals surface area contributed by atoms with Crippen LogP contribution in [0.3, 0.4) is 0 Å². The van der Waals surface area contributed by atoms with E-state index in [1.165, 1.54) is 24.5 Å². The quantitative estimate of drug-likeness (QED) is 0.650. The zero-order valence-corrected chi connectivity index (χ0v) is 10.5. The summed E-state index contributed by atoms with van der Waals surface area (Å²) in [6.45, 7) is 2.56. The molecule has 98 valence electrons. The first-order chi connectivity index (χ1) is 9.11. The second-order valence-corrected chi connectivity index (χ2v) is 3.90. The van der Waals surface area contributed by atoms with Gasteiger partial charge in [0.05, 0.1) is 12.4 Å². The van der Waals surface area contributed by atoms with E-state index in [1.54, 1.807) is 12.1 Å². The van der Waals surface area contributed by atoms with Gasteiger partial charge in [-0.3, -0.25) is 5.41 Å². The van der Waals surface area contributed by atoms with E-state index in [4.69, 9.17) is 11.1 Å². The lowest BCUT2D eigenvalue weighted by molar-refractivity contribution is 0.627. The Balaban J connectivity index is 2.34. The van der Waals surface area contributed by atoms with Gasteiger partial charge in [-0.15, -0.1) is 0 Å². The molecule has 6 heteroatoms. The van der Waals surface area contributed by atoms with Crippen molar-refractivity contribution in [1.29, 1.82) is 5.41 Å². The Labute approximate surface area is 110 Å². The number of benzene rings is 1. The standard InChI is InChI=1S/C13H14FN5/c1-2-19(10-5-3-4-9(14)6-10)12-8-17-11(7-18-12)13(15)16/h3-8H,2H2,1H3,(H3,15,16). The Morgan fingerprint density at radius 3 is 2.68 bits per heavy atom. The first-order valence-electron chi connectivity index (χ1n) is 5.81. The van der Waals surface area contributed by atoms with Crippen LogP contribution in [0.25, 0.3) is 0 Å². The van der Waals surface area contributed by atoms with Crippen molar-refractivity contribution >= 4 is 17.3 Å². The smallest absolute Gasteiger partial charge is 0.151 e. The summed E-state index contributed by atoms with van der Waals surface area (Å²) >= 11 is 0. The summed E-state index contributed by atoms with van der Waals surface area (Å²) in [6.07, 6.45) is 2.95. The molecule has 2 aromatic rings. The number of rotatable bonds is 4. The normalized spacial score (nSPS) is 10.2. The van der Waals surface area contributed by atoms with Gasteiger partial charge in [0.2, 0.25) is 0 Å². The van der Waals surface area contributed by atoms with Crippen LogP contribution in [-0.4, -0.2) is 22.3 Å². The highest BCUT2D eigenvalue weighted by molar-refractivity contribution is 5.92. The molecule has 0 aliphatic carbocycles. The van der Waals surface area contributed by atoms with Crippen molar-refractivity contribution in [2.45, 2.75) is 6.92 Å². The third-order valence-corrected chi connectivity index (χ3v) is 2.63. The second-order valence-electron chi connectivity index (χ2n) is 3.90. The minimum Gasteiger partial charge on any atom is -0.382 e. The number of amidine groups is 1. The van der Waals surface area contributed by atoms with Gasteiger partial charge in [0.15, 0.2) is 5.82 Å². The number of nitrogens with one attached hydrogen (secondary N) is 1. The van der Waals surface area contributed by atoms with Gasteiger partial charge in [0, 0.05) is 12.2 Å². The summed E-state index contributed by atoms with van der Waals surface area (Å²) < 4.78 is 13.2. The van der Waals surface area contributed by atoms with Crippen LogP contribution in [0.1, 0.15) is 12.6 Å². The first-order valence-corrected chi connectivity index (χ1v) is 5.81. The summed E-state index contributed by atoms with van der Waals surface area (Å²) in [4.78, 5) is 10.1. The van der Waals surface area contributed by atoms with Crippen LogP contribution in [-0.2, 0) is 0 Å². The SMILES string of the molecule is CCN(c1cccc(F)c1)c1cnc(C(=N)N)cn1. The molecule has 0 spiro atoms. The molecule has 19 heavy (non-hydrogen) atoms. The highest BCUT2D eigenvalue weighted by Crippen LogP contribution is 2.23. The highest BCUT2D eigenvalue weighted by Gasteiger charge is 2.10. The average Bonchev–Trinajstić information content (AvgIpc) is 2.40. The number of nitrogen functional groups attached to an aromatic ring is 1. The fourth-order valence-corrected chi connectivity index (χ4v) is 1.72. The van der Waals surface area contributed by atoms with E-state index in [-0.39, 0.29) is 11.7 Å². The predicted octanol–water partition coefficient (Wildman–Crippen LogP) is 2.06. The minimum atomic E-state index is -0.302. The molecule has 0 amide bonds. The maximum Gasteiger partial charge on any atom is 0.151 e. The molecular weight excluding hydrogens is 245 g/mol. The predicted molar refractivity (Wildman–Crippen MR) is 72.1 cm³/mol. The van der Waals surface area contributed by atoms with E-state index < -0.39 is 0 Å². The van der Waals surface area contributed by atoms with E-state index in [1.807, 2.05) is 11.8 Å². The second kappa shape index (κ2) is 5.43. The van der Waals surface area contributed by atoms with Gasteiger partial charge in [-0.1, -0.05) is 6.07 Å². The minimum absolute atomic E-state index is 0.132. The molecule has 0 unspecified atom stereocenters. The Morgan fingerprint density at radius 1 is 1.37 bits per heavy atom. The topological polar surface area (TPSA) is 78.9 Å². The van der Waals surface area contributed by atoms with Crippen LogP contribution in [0.4, 0.5) is 15.9 Å². The number of halogens is 1. The molecule has 1 aromatic carbocycles. The molecule has 1 aromatic heterocycles. The van der Waals surface area contributed by atoms with E-state index in [9.17, 15) is 4.39 Å². The van der Waals surface area contributed by atoms with E-state index >= 15 is 0 Å². The van der Waals surface area contributed by atoms with Gasteiger partial charge in [-0.2, -0.15) is 0 Å². The fraction of sp³-hybridized carbons (Fsp3) is 0.154. The number of nitrogens with two attached hydrogens (primary N) is 1. The largest absolute Gasteiger partial charge is 0.382 e. The van der Waals surface area contributed by atoms with E-state index in [2.05, 4.69) is 9.97 Å². The Kier molecular flexibility index (Phi) is 3.70. The molecule has 0 aliphatic heterocycles. The summed E-state index contributed by atoms with van der Waals surface area (Å²) in [5.41, 5.74) is 6.34. The maximum atomic E-state index is 13.2. The van der Waals surface area contributed by atoms with Crippen LogP contribution in [0.15, 0.2) is 36.7 Å².